The minimum atomic E-state index is 0.0241. The van der Waals surface area contributed by atoms with Crippen LogP contribution in [-0.2, 0) is 0 Å². The highest BCUT2D eigenvalue weighted by Crippen LogP contribution is 2.32. The molecule has 2 aromatic carbocycles. The van der Waals surface area contributed by atoms with E-state index in [1.807, 2.05) is 37.3 Å². The van der Waals surface area contributed by atoms with Crippen LogP contribution in [-0.4, -0.2) is 32.8 Å². The molecule has 0 fully saturated rings. The van der Waals surface area contributed by atoms with Gasteiger partial charge in [-0.3, -0.25) is 0 Å². The van der Waals surface area contributed by atoms with Crippen LogP contribution in [0.2, 0.25) is 0 Å². The molecule has 0 bridgehead atoms. The van der Waals surface area contributed by atoms with Gasteiger partial charge in [0.05, 0.1) is 13.2 Å². The topological polar surface area (TPSA) is 50.5 Å². The fourth-order valence-electron chi connectivity index (χ4n) is 2.36. The van der Waals surface area contributed by atoms with Gasteiger partial charge in [-0.05, 0) is 16.8 Å². The number of methoxy groups -OCH3 is 1. The SMILES string of the molecule is COc1ccc2ccccc2c1C(CN)NN(C)C. The van der Waals surface area contributed by atoms with Crippen molar-refractivity contribution in [2.75, 3.05) is 27.7 Å². The monoisotopic (exact) mass is 259 g/mol. The molecule has 3 N–H and O–H groups in total. The van der Waals surface area contributed by atoms with Gasteiger partial charge in [-0.25, -0.2) is 10.4 Å². The molecule has 4 heteroatoms. The number of nitrogens with two attached hydrogens (primary N) is 1. The quantitative estimate of drug-likeness (QED) is 0.805. The summed E-state index contributed by atoms with van der Waals surface area (Å²) in [7, 11) is 5.61. The maximum absolute atomic E-state index is 5.92. The van der Waals surface area contributed by atoms with Crippen molar-refractivity contribution in [3.05, 3.63) is 42.0 Å². The Hall–Kier alpha value is -1.62. The van der Waals surface area contributed by atoms with E-state index in [4.69, 9.17) is 10.5 Å². The van der Waals surface area contributed by atoms with E-state index in [1.165, 1.54) is 10.8 Å². The first-order chi connectivity index (χ1) is 9.17. The molecule has 0 saturated heterocycles. The number of hydrogen-bond donors (Lipinski definition) is 2. The Morgan fingerprint density at radius 3 is 2.58 bits per heavy atom. The number of ether oxygens (including phenoxy) is 1. The molecular weight excluding hydrogens is 238 g/mol. The first-order valence-corrected chi connectivity index (χ1v) is 6.36. The molecule has 102 valence electrons. The molecule has 0 aliphatic heterocycles. The number of nitrogens with zero attached hydrogens (tertiary/aromatic N) is 1. The smallest absolute Gasteiger partial charge is 0.124 e. The van der Waals surface area contributed by atoms with Crippen LogP contribution in [0.15, 0.2) is 36.4 Å². The molecule has 2 rings (SSSR count). The molecule has 0 spiro atoms. The fourth-order valence-corrected chi connectivity index (χ4v) is 2.36. The zero-order chi connectivity index (χ0) is 13.8. The zero-order valence-electron chi connectivity index (χ0n) is 11.7. The predicted octanol–water partition coefficient (Wildman–Crippen LogP) is 1.91. The van der Waals surface area contributed by atoms with Crippen LogP contribution >= 0.6 is 0 Å². The minimum Gasteiger partial charge on any atom is -0.496 e. The van der Waals surface area contributed by atoms with E-state index >= 15 is 0 Å². The summed E-state index contributed by atoms with van der Waals surface area (Å²) in [6.07, 6.45) is 0. The van der Waals surface area contributed by atoms with Crippen molar-refractivity contribution in [1.82, 2.24) is 10.4 Å². The first-order valence-electron chi connectivity index (χ1n) is 6.36. The third kappa shape index (κ3) is 2.87. The van der Waals surface area contributed by atoms with Crippen LogP contribution in [0.3, 0.4) is 0 Å². The van der Waals surface area contributed by atoms with E-state index in [0.717, 1.165) is 11.3 Å². The van der Waals surface area contributed by atoms with Gasteiger partial charge in [-0.1, -0.05) is 30.3 Å². The lowest BCUT2D eigenvalue weighted by Gasteiger charge is -2.25. The first kappa shape index (κ1) is 13.8. The third-order valence-electron chi connectivity index (χ3n) is 3.15. The van der Waals surface area contributed by atoms with Gasteiger partial charge < -0.3 is 10.5 Å². The second-order valence-electron chi connectivity index (χ2n) is 4.71. The van der Waals surface area contributed by atoms with Crippen LogP contribution in [0, 0.1) is 0 Å². The summed E-state index contributed by atoms with van der Waals surface area (Å²) in [5, 5.41) is 4.28. The Kier molecular flexibility index (Phi) is 4.37. The molecule has 0 aliphatic carbocycles. The summed E-state index contributed by atoms with van der Waals surface area (Å²) in [5.74, 6) is 0.864. The second-order valence-corrected chi connectivity index (χ2v) is 4.71. The van der Waals surface area contributed by atoms with E-state index in [2.05, 4.69) is 23.6 Å². The Morgan fingerprint density at radius 2 is 1.95 bits per heavy atom. The Morgan fingerprint density at radius 1 is 1.21 bits per heavy atom. The molecule has 19 heavy (non-hydrogen) atoms. The van der Waals surface area contributed by atoms with Crippen LogP contribution in [0.4, 0.5) is 0 Å². The van der Waals surface area contributed by atoms with E-state index in [0.29, 0.717) is 6.54 Å². The molecule has 4 nitrogen and oxygen atoms in total. The van der Waals surface area contributed by atoms with Gasteiger partial charge in [0, 0.05) is 26.2 Å². The summed E-state index contributed by atoms with van der Waals surface area (Å²) in [6, 6.07) is 12.4. The van der Waals surface area contributed by atoms with Crippen LogP contribution in [0.5, 0.6) is 5.75 Å². The lowest BCUT2D eigenvalue weighted by atomic mass is 9.98. The highest BCUT2D eigenvalue weighted by Gasteiger charge is 2.18. The van der Waals surface area contributed by atoms with Crippen molar-refractivity contribution < 1.29 is 4.74 Å². The molecular formula is C15H21N3O. The molecule has 2 aromatic rings. The highest BCUT2D eigenvalue weighted by molar-refractivity contribution is 5.88. The van der Waals surface area contributed by atoms with Crippen LogP contribution in [0.25, 0.3) is 10.8 Å². The van der Waals surface area contributed by atoms with Crippen LogP contribution in [0.1, 0.15) is 11.6 Å². The summed E-state index contributed by atoms with van der Waals surface area (Å²) in [4.78, 5) is 0. The second kappa shape index (κ2) is 6.02. The van der Waals surface area contributed by atoms with Crippen LogP contribution < -0.4 is 15.9 Å². The van der Waals surface area contributed by atoms with Gasteiger partial charge in [0.1, 0.15) is 5.75 Å². The minimum absolute atomic E-state index is 0.0241. The van der Waals surface area contributed by atoms with Crippen molar-refractivity contribution in [2.45, 2.75) is 6.04 Å². The number of benzene rings is 2. The van der Waals surface area contributed by atoms with Gasteiger partial charge in [-0.2, -0.15) is 0 Å². The van der Waals surface area contributed by atoms with Gasteiger partial charge in [0.15, 0.2) is 0 Å². The van der Waals surface area contributed by atoms with Crippen molar-refractivity contribution in [2.24, 2.45) is 5.73 Å². The van der Waals surface area contributed by atoms with Crippen molar-refractivity contribution >= 4 is 10.8 Å². The van der Waals surface area contributed by atoms with Crippen molar-refractivity contribution in [1.29, 1.82) is 0 Å². The highest BCUT2D eigenvalue weighted by atomic mass is 16.5. The fraction of sp³-hybridized carbons (Fsp3) is 0.333. The molecule has 0 aromatic heterocycles. The van der Waals surface area contributed by atoms with E-state index < -0.39 is 0 Å². The number of hydrogen-bond acceptors (Lipinski definition) is 4. The largest absolute Gasteiger partial charge is 0.496 e. The predicted molar refractivity (Wildman–Crippen MR) is 79.1 cm³/mol. The van der Waals surface area contributed by atoms with Crippen molar-refractivity contribution in [3.63, 3.8) is 0 Å². The van der Waals surface area contributed by atoms with Crippen molar-refractivity contribution in [3.8, 4) is 5.75 Å². The summed E-state index contributed by atoms with van der Waals surface area (Å²) >= 11 is 0. The normalized spacial score (nSPS) is 12.9. The molecule has 0 amide bonds. The molecule has 0 heterocycles. The van der Waals surface area contributed by atoms with E-state index in [-0.39, 0.29) is 6.04 Å². The Balaban J connectivity index is 2.60. The third-order valence-corrected chi connectivity index (χ3v) is 3.15. The summed E-state index contributed by atoms with van der Waals surface area (Å²) in [6.45, 7) is 0.503. The van der Waals surface area contributed by atoms with E-state index in [1.54, 1.807) is 7.11 Å². The lowest BCUT2D eigenvalue weighted by Crippen LogP contribution is -2.38. The Labute approximate surface area is 114 Å². The number of rotatable bonds is 5. The molecule has 0 saturated carbocycles. The number of nitrogens with one attached hydrogen (secondary N) is 1. The van der Waals surface area contributed by atoms with E-state index in [9.17, 15) is 0 Å². The van der Waals surface area contributed by atoms with Gasteiger partial charge in [0.2, 0.25) is 0 Å². The number of hydrazine groups is 1. The van der Waals surface area contributed by atoms with Gasteiger partial charge >= 0.3 is 0 Å². The lowest BCUT2D eigenvalue weighted by molar-refractivity contribution is 0.243. The summed E-state index contributed by atoms with van der Waals surface area (Å²) < 4.78 is 5.50. The maximum Gasteiger partial charge on any atom is 0.124 e. The Bertz CT molecular complexity index is 554. The van der Waals surface area contributed by atoms with Gasteiger partial charge in [-0.15, -0.1) is 0 Å². The molecule has 0 radical (unpaired) electrons. The summed E-state index contributed by atoms with van der Waals surface area (Å²) in [5.41, 5.74) is 10.4. The molecule has 0 aliphatic rings. The standard InChI is InChI=1S/C15H21N3O/c1-18(2)17-13(10-16)15-12-7-5-4-6-11(12)8-9-14(15)19-3/h4-9,13,17H,10,16H2,1-3H3. The zero-order valence-corrected chi connectivity index (χ0v) is 11.7. The maximum atomic E-state index is 5.92. The average Bonchev–Trinajstić information content (AvgIpc) is 2.43. The molecule has 1 atom stereocenters. The molecule has 1 unspecified atom stereocenters. The average molecular weight is 259 g/mol. The number of fused-ring (bicyclic) bond motifs is 1. The van der Waals surface area contributed by atoms with Gasteiger partial charge in [0.25, 0.3) is 0 Å².